The van der Waals surface area contributed by atoms with Gasteiger partial charge in [-0.3, -0.25) is 18.2 Å². The van der Waals surface area contributed by atoms with E-state index in [0.717, 1.165) is 27.0 Å². The molecule has 0 fully saturated rings. The number of hydrogen-bond donors (Lipinski definition) is 0. The third-order valence-corrected chi connectivity index (χ3v) is 7.07. The van der Waals surface area contributed by atoms with Crippen LogP contribution in [0.5, 0.6) is 0 Å². The summed E-state index contributed by atoms with van der Waals surface area (Å²) < 4.78 is 6.88. The van der Waals surface area contributed by atoms with Crippen molar-refractivity contribution in [3.05, 3.63) is 64.7 Å². The van der Waals surface area contributed by atoms with Crippen molar-refractivity contribution >= 4 is 55.0 Å². The van der Waals surface area contributed by atoms with E-state index in [1.165, 1.54) is 4.70 Å². The summed E-state index contributed by atoms with van der Waals surface area (Å²) >= 11 is 3.18. The molecule has 2 aromatic carbocycles. The van der Waals surface area contributed by atoms with Gasteiger partial charge in [0.1, 0.15) is 5.82 Å². The van der Waals surface area contributed by atoms with E-state index >= 15 is 0 Å². The van der Waals surface area contributed by atoms with Crippen LogP contribution in [0.4, 0.5) is 0 Å². The second-order valence-corrected chi connectivity index (χ2v) is 8.73. The molecule has 0 unspecified atom stereocenters. The van der Waals surface area contributed by atoms with Crippen LogP contribution in [0.3, 0.4) is 0 Å². The zero-order valence-electron chi connectivity index (χ0n) is 15.9. The van der Waals surface area contributed by atoms with Crippen LogP contribution in [0.2, 0.25) is 0 Å². The normalized spacial score (nSPS) is 12.0. The van der Waals surface area contributed by atoms with E-state index in [1.807, 2.05) is 47.7 Å². The summed E-state index contributed by atoms with van der Waals surface area (Å²) in [6, 6.07) is 15.8. The standard InChI is InChI=1S/C20H15N7OS2/c1-2-25-17(28)12-7-3-4-8-13(12)26-16(21-22-18(25)26)11-29-19-23-24-20-27(19)14-9-5-6-10-15(14)30-20/h3-10H,2,11H2,1H3. The van der Waals surface area contributed by atoms with Crippen molar-refractivity contribution in [1.29, 1.82) is 0 Å². The predicted molar refractivity (Wildman–Crippen MR) is 118 cm³/mol. The Morgan fingerprint density at radius 3 is 2.60 bits per heavy atom. The molecule has 4 heterocycles. The van der Waals surface area contributed by atoms with Crippen molar-refractivity contribution in [2.75, 3.05) is 0 Å². The number of aromatic nitrogens is 7. The molecule has 0 N–H and O–H groups in total. The molecular formula is C20H15N7OS2. The Morgan fingerprint density at radius 2 is 1.73 bits per heavy atom. The number of hydrogen-bond acceptors (Lipinski definition) is 7. The fourth-order valence-corrected chi connectivity index (χ4v) is 5.65. The van der Waals surface area contributed by atoms with Crippen LogP contribution < -0.4 is 5.56 Å². The molecule has 0 aliphatic rings. The zero-order valence-corrected chi connectivity index (χ0v) is 17.5. The van der Waals surface area contributed by atoms with Gasteiger partial charge in [-0.05, 0) is 31.2 Å². The van der Waals surface area contributed by atoms with Gasteiger partial charge in [0.15, 0.2) is 5.16 Å². The van der Waals surface area contributed by atoms with Crippen molar-refractivity contribution in [3.8, 4) is 0 Å². The fraction of sp³-hybridized carbons (Fsp3) is 0.150. The molecule has 6 rings (SSSR count). The van der Waals surface area contributed by atoms with Gasteiger partial charge in [0.2, 0.25) is 10.7 Å². The Kier molecular flexibility index (Phi) is 3.90. The SMILES string of the molecule is CCn1c(=O)c2ccccc2n2c(CSc3nnc4sc5ccccc5n34)nnc12. The number of thiazole rings is 1. The molecule has 0 radical (unpaired) electrons. The summed E-state index contributed by atoms with van der Waals surface area (Å²) in [6.45, 7) is 2.47. The molecule has 0 saturated heterocycles. The fourth-order valence-electron chi connectivity index (χ4n) is 3.77. The Hall–Kier alpha value is -3.24. The third kappa shape index (κ3) is 2.44. The topological polar surface area (TPSA) is 82.4 Å². The molecule has 0 bridgehead atoms. The lowest BCUT2D eigenvalue weighted by molar-refractivity contribution is 0.735. The molecular weight excluding hydrogens is 418 g/mol. The monoisotopic (exact) mass is 433 g/mol. The van der Waals surface area contributed by atoms with Gasteiger partial charge in [-0.2, -0.15) is 0 Å². The molecule has 6 aromatic rings. The van der Waals surface area contributed by atoms with Gasteiger partial charge in [0.05, 0.1) is 26.9 Å². The number of thioether (sulfide) groups is 1. The molecule has 8 nitrogen and oxygen atoms in total. The van der Waals surface area contributed by atoms with E-state index in [2.05, 4.69) is 36.9 Å². The first-order valence-electron chi connectivity index (χ1n) is 9.47. The molecule has 0 saturated carbocycles. The first-order chi connectivity index (χ1) is 14.8. The second kappa shape index (κ2) is 6.64. The van der Waals surface area contributed by atoms with Crippen LogP contribution in [0.1, 0.15) is 12.7 Å². The molecule has 30 heavy (non-hydrogen) atoms. The van der Waals surface area contributed by atoms with E-state index in [4.69, 9.17) is 0 Å². The largest absolute Gasteiger partial charge is 0.277 e. The number of nitrogens with zero attached hydrogens (tertiary/aromatic N) is 7. The number of fused-ring (bicyclic) bond motifs is 6. The number of benzene rings is 2. The lowest BCUT2D eigenvalue weighted by atomic mass is 10.2. The molecule has 0 aliphatic carbocycles. The lowest BCUT2D eigenvalue weighted by Gasteiger charge is -2.09. The van der Waals surface area contributed by atoms with Gasteiger partial charge < -0.3 is 0 Å². The Labute approximate surface area is 177 Å². The summed E-state index contributed by atoms with van der Waals surface area (Å²) in [7, 11) is 0. The molecule has 0 spiro atoms. The van der Waals surface area contributed by atoms with Crippen molar-refractivity contribution in [3.63, 3.8) is 0 Å². The van der Waals surface area contributed by atoms with Gasteiger partial charge in [0.25, 0.3) is 5.56 Å². The van der Waals surface area contributed by atoms with Crippen LogP contribution in [0.25, 0.3) is 31.9 Å². The smallest absolute Gasteiger partial charge is 0.262 e. The van der Waals surface area contributed by atoms with E-state index < -0.39 is 0 Å². The number of aryl methyl sites for hydroxylation is 1. The summed E-state index contributed by atoms with van der Waals surface area (Å²) in [6.07, 6.45) is 0. The molecule has 0 atom stereocenters. The maximum atomic E-state index is 12.8. The van der Waals surface area contributed by atoms with Crippen molar-refractivity contribution in [2.45, 2.75) is 24.4 Å². The quantitative estimate of drug-likeness (QED) is 0.395. The number of para-hydroxylation sites is 2. The highest BCUT2D eigenvalue weighted by molar-refractivity contribution is 7.98. The second-order valence-electron chi connectivity index (χ2n) is 6.78. The molecule has 0 amide bonds. The lowest BCUT2D eigenvalue weighted by Crippen LogP contribution is -2.22. The van der Waals surface area contributed by atoms with E-state index in [1.54, 1.807) is 27.7 Å². The zero-order chi connectivity index (χ0) is 20.2. The van der Waals surface area contributed by atoms with Gasteiger partial charge in [0, 0.05) is 6.54 Å². The van der Waals surface area contributed by atoms with E-state index in [0.29, 0.717) is 23.5 Å². The Bertz CT molecular complexity index is 1620. The highest BCUT2D eigenvalue weighted by Gasteiger charge is 2.18. The average Bonchev–Trinajstić information content (AvgIpc) is 3.46. The first-order valence-corrected chi connectivity index (χ1v) is 11.3. The highest BCUT2D eigenvalue weighted by Crippen LogP contribution is 2.30. The van der Waals surface area contributed by atoms with Crippen molar-refractivity contribution in [2.24, 2.45) is 0 Å². The van der Waals surface area contributed by atoms with Crippen molar-refractivity contribution < 1.29 is 0 Å². The molecule has 148 valence electrons. The minimum absolute atomic E-state index is 0.0453. The first kappa shape index (κ1) is 17.6. The maximum Gasteiger partial charge on any atom is 0.262 e. The Morgan fingerprint density at radius 1 is 0.933 bits per heavy atom. The summed E-state index contributed by atoms with van der Waals surface area (Å²) in [5, 5.41) is 18.9. The number of rotatable bonds is 4. The Balaban J connectivity index is 1.48. The minimum Gasteiger partial charge on any atom is -0.277 e. The van der Waals surface area contributed by atoms with Crippen molar-refractivity contribution in [1.82, 2.24) is 33.8 Å². The van der Waals surface area contributed by atoms with Gasteiger partial charge in [-0.15, -0.1) is 20.4 Å². The van der Waals surface area contributed by atoms with Gasteiger partial charge >= 0.3 is 0 Å². The molecule has 10 heteroatoms. The van der Waals surface area contributed by atoms with Crippen LogP contribution >= 0.6 is 23.1 Å². The van der Waals surface area contributed by atoms with Crippen LogP contribution in [-0.4, -0.2) is 33.8 Å². The summed E-state index contributed by atoms with van der Waals surface area (Å²) in [4.78, 5) is 13.7. The molecule has 0 aliphatic heterocycles. The average molecular weight is 434 g/mol. The maximum absolute atomic E-state index is 12.8. The minimum atomic E-state index is -0.0453. The predicted octanol–water partition coefficient (Wildman–Crippen LogP) is 3.61. The van der Waals surface area contributed by atoms with Gasteiger partial charge in [-0.1, -0.05) is 47.4 Å². The summed E-state index contributed by atoms with van der Waals surface area (Å²) in [5.74, 6) is 1.88. The van der Waals surface area contributed by atoms with Crippen LogP contribution in [-0.2, 0) is 12.3 Å². The van der Waals surface area contributed by atoms with Crippen LogP contribution in [0, 0.1) is 0 Å². The van der Waals surface area contributed by atoms with E-state index in [9.17, 15) is 4.79 Å². The third-order valence-electron chi connectivity index (χ3n) is 5.13. The van der Waals surface area contributed by atoms with Crippen LogP contribution in [0.15, 0.2) is 58.5 Å². The van der Waals surface area contributed by atoms with Gasteiger partial charge in [-0.25, -0.2) is 0 Å². The highest BCUT2D eigenvalue weighted by atomic mass is 32.2. The molecule has 4 aromatic heterocycles. The van der Waals surface area contributed by atoms with E-state index in [-0.39, 0.29) is 5.56 Å². The summed E-state index contributed by atoms with van der Waals surface area (Å²) in [5.41, 5.74) is 1.87.